The number of Topliss-reactive ketones (excluding diaryl/α,β-unsaturated/α-hetero) is 1. The second-order valence-corrected chi connectivity index (χ2v) is 8.10. The molecule has 0 aliphatic carbocycles. The first-order valence-electron chi connectivity index (χ1n) is 9.29. The molecule has 2 atom stereocenters. The topological polar surface area (TPSA) is 104 Å². The van der Waals surface area contributed by atoms with Crippen LogP contribution in [0, 0.1) is 21.4 Å². The highest BCUT2D eigenvalue weighted by Gasteiger charge is 2.51. The minimum absolute atomic E-state index is 0.0596. The molecule has 0 spiro atoms. The van der Waals surface area contributed by atoms with E-state index in [-0.39, 0.29) is 17.3 Å². The summed E-state index contributed by atoms with van der Waals surface area (Å²) >= 11 is 3.39. The molecule has 2 aromatic rings. The molecule has 2 aliphatic rings. The molecule has 29 heavy (non-hydrogen) atoms. The predicted molar refractivity (Wildman–Crippen MR) is 111 cm³/mol. The molecule has 0 radical (unpaired) electrons. The van der Waals surface area contributed by atoms with Gasteiger partial charge in [-0.3, -0.25) is 20.3 Å². The first kappa shape index (κ1) is 19.4. The second-order valence-electron chi connectivity index (χ2n) is 7.18. The molecule has 2 N–H and O–H groups in total. The first-order chi connectivity index (χ1) is 13.9. The van der Waals surface area contributed by atoms with E-state index in [1.165, 1.54) is 0 Å². The van der Waals surface area contributed by atoms with Gasteiger partial charge in [-0.05, 0) is 36.2 Å². The SMILES string of the molecule is Cn1cccc1C(=O)C1C(=N)N2CCCNC2=C([N+](=O)[O-])C1c1ccc(Br)cc1. The monoisotopic (exact) mass is 457 g/mol. The zero-order chi connectivity index (χ0) is 20.7. The number of nitro groups is 1. The van der Waals surface area contributed by atoms with Gasteiger partial charge in [0.2, 0.25) is 0 Å². The number of hydrogen-bond acceptors (Lipinski definition) is 5. The van der Waals surface area contributed by atoms with Gasteiger partial charge in [0.25, 0.3) is 5.70 Å². The summed E-state index contributed by atoms with van der Waals surface area (Å²) in [6.07, 6.45) is 2.50. The van der Waals surface area contributed by atoms with E-state index in [0.29, 0.717) is 30.2 Å². The van der Waals surface area contributed by atoms with Crippen LogP contribution in [0.5, 0.6) is 0 Å². The second kappa shape index (κ2) is 7.47. The van der Waals surface area contributed by atoms with Gasteiger partial charge in [0.1, 0.15) is 5.84 Å². The predicted octanol–water partition coefficient (Wildman–Crippen LogP) is 3.10. The number of hydrogen-bond donors (Lipinski definition) is 2. The number of allylic oxidation sites excluding steroid dienone is 1. The van der Waals surface area contributed by atoms with Crippen LogP contribution in [0.15, 0.2) is 58.6 Å². The van der Waals surface area contributed by atoms with E-state index >= 15 is 0 Å². The fourth-order valence-electron chi connectivity index (χ4n) is 4.12. The Morgan fingerprint density at radius 3 is 2.66 bits per heavy atom. The summed E-state index contributed by atoms with van der Waals surface area (Å²) in [6, 6.07) is 10.6. The van der Waals surface area contributed by atoms with Gasteiger partial charge in [-0.2, -0.15) is 0 Å². The number of fused-ring (bicyclic) bond motifs is 1. The molecule has 0 amide bonds. The first-order valence-corrected chi connectivity index (χ1v) is 10.1. The number of aryl methyl sites for hydroxylation is 1. The fourth-order valence-corrected chi connectivity index (χ4v) is 4.39. The molecular weight excluding hydrogens is 438 g/mol. The average Bonchev–Trinajstić information content (AvgIpc) is 3.13. The van der Waals surface area contributed by atoms with Crippen molar-refractivity contribution in [3.63, 3.8) is 0 Å². The molecule has 1 saturated heterocycles. The Morgan fingerprint density at radius 1 is 1.31 bits per heavy atom. The number of aromatic nitrogens is 1. The van der Waals surface area contributed by atoms with Gasteiger partial charge in [0, 0.05) is 30.8 Å². The molecule has 8 nitrogen and oxygen atoms in total. The lowest BCUT2D eigenvalue weighted by atomic mass is 9.76. The molecule has 0 bridgehead atoms. The van der Waals surface area contributed by atoms with Gasteiger partial charge in [-0.15, -0.1) is 0 Å². The third kappa shape index (κ3) is 3.25. The smallest absolute Gasteiger partial charge is 0.294 e. The summed E-state index contributed by atoms with van der Waals surface area (Å²) < 4.78 is 2.53. The molecule has 150 valence electrons. The van der Waals surface area contributed by atoms with E-state index < -0.39 is 16.8 Å². The summed E-state index contributed by atoms with van der Waals surface area (Å²) in [5.41, 5.74) is 1.00. The van der Waals surface area contributed by atoms with Gasteiger partial charge in [0.05, 0.1) is 22.5 Å². The van der Waals surface area contributed by atoms with Crippen molar-refractivity contribution in [3.05, 3.63) is 80.0 Å². The molecular formula is C20H20BrN5O3. The van der Waals surface area contributed by atoms with E-state index in [1.54, 1.807) is 59.1 Å². The minimum Gasteiger partial charge on any atom is -0.366 e. The summed E-state index contributed by atoms with van der Waals surface area (Å²) in [7, 11) is 1.76. The van der Waals surface area contributed by atoms with Gasteiger partial charge >= 0.3 is 0 Å². The number of carbonyl (C=O) groups excluding carboxylic acids is 1. The Balaban J connectivity index is 1.93. The van der Waals surface area contributed by atoms with Crippen molar-refractivity contribution >= 4 is 27.5 Å². The van der Waals surface area contributed by atoms with Gasteiger partial charge in [-0.25, -0.2) is 0 Å². The van der Waals surface area contributed by atoms with Crippen molar-refractivity contribution < 1.29 is 9.72 Å². The summed E-state index contributed by atoms with van der Waals surface area (Å²) in [5.74, 6) is -1.70. The molecule has 3 heterocycles. The molecule has 9 heteroatoms. The van der Waals surface area contributed by atoms with E-state index in [0.717, 1.165) is 10.9 Å². The lowest BCUT2D eigenvalue weighted by Crippen LogP contribution is -2.54. The van der Waals surface area contributed by atoms with Gasteiger partial charge in [0.15, 0.2) is 11.6 Å². The number of ketones is 1. The van der Waals surface area contributed by atoms with Gasteiger partial charge in [-0.1, -0.05) is 28.1 Å². The summed E-state index contributed by atoms with van der Waals surface area (Å²) in [6.45, 7) is 1.07. The maximum Gasteiger partial charge on any atom is 0.294 e. The van der Waals surface area contributed by atoms with E-state index in [9.17, 15) is 14.9 Å². The number of halogens is 1. The molecule has 2 unspecified atom stereocenters. The highest BCUT2D eigenvalue weighted by atomic mass is 79.9. The molecule has 2 aliphatic heterocycles. The van der Waals surface area contributed by atoms with E-state index in [4.69, 9.17) is 5.41 Å². The summed E-state index contributed by atoms with van der Waals surface area (Å²) in [4.78, 5) is 26.9. The zero-order valence-electron chi connectivity index (χ0n) is 15.8. The van der Waals surface area contributed by atoms with Crippen molar-refractivity contribution in [2.24, 2.45) is 13.0 Å². The largest absolute Gasteiger partial charge is 0.366 e. The number of nitrogens with zero attached hydrogens (tertiary/aromatic N) is 3. The van der Waals surface area contributed by atoms with Gasteiger partial charge < -0.3 is 14.8 Å². The Hall–Kier alpha value is -2.94. The van der Waals surface area contributed by atoms with Crippen molar-refractivity contribution in [1.82, 2.24) is 14.8 Å². The average molecular weight is 458 g/mol. The van der Waals surface area contributed by atoms with Crippen LogP contribution in [0.2, 0.25) is 0 Å². The van der Waals surface area contributed by atoms with Crippen molar-refractivity contribution in [2.75, 3.05) is 13.1 Å². The van der Waals surface area contributed by atoms with Crippen LogP contribution in [-0.4, -0.2) is 39.1 Å². The van der Waals surface area contributed by atoms with Crippen molar-refractivity contribution in [2.45, 2.75) is 12.3 Å². The summed E-state index contributed by atoms with van der Waals surface area (Å²) in [5, 5.41) is 24.1. The van der Waals surface area contributed by atoms with E-state index in [1.807, 2.05) is 0 Å². The lowest BCUT2D eigenvalue weighted by molar-refractivity contribution is -0.434. The number of benzene rings is 1. The maximum atomic E-state index is 13.5. The van der Waals surface area contributed by atoms with Crippen LogP contribution in [0.25, 0.3) is 0 Å². The van der Waals surface area contributed by atoms with Crippen molar-refractivity contribution in [3.8, 4) is 0 Å². The van der Waals surface area contributed by atoms with Crippen LogP contribution in [-0.2, 0) is 7.05 Å². The van der Waals surface area contributed by atoms with Crippen molar-refractivity contribution in [1.29, 1.82) is 5.41 Å². The molecule has 1 aromatic carbocycles. The zero-order valence-corrected chi connectivity index (χ0v) is 17.3. The minimum atomic E-state index is -0.978. The highest BCUT2D eigenvalue weighted by Crippen LogP contribution is 2.42. The standard InChI is InChI=1S/C20H20BrN5O3/c1-24-10-2-4-14(24)18(27)16-15(12-5-7-13(21)8-6-12)17(26(28)29)20-23-9-3-11-25(20)19(16)22/h2,4-8,10,15-16,22-23H,3,9,11H2,1H3. The normalized spacial score (nSPS) is 21.6. The number of nitrogens with one attached hydrogen (secondary N) is 2. The number of carbonyl (C=O) groups is 1. The van der Waals surface area contributed by atoms with Crippen LogP contribution < -0.4 is 5.32 Å². The Kier molecular flexibility index (Phi) is 4.99. The molecule has 1 fully saturated rings. The van der Waals surface area contributed by atoms with Crippen LogP contribution >= 0.6 is 15.9 Å². The fraction of sp³-hybridized carbons (Fsp3) is 0.300. The molecule has 4 rings (SSSR count). The Bertz CT molecular complexity index is 1030. The number of amidine groups is 1. The molecule has 1 aromatic heterocycles. The molecule has 0 saturated carbocycles. The van der Waals surface area contributed by atoms with E-state index in [2.05, 4.69) is 21.2 Å². The Morgan fingerprint density at radius 2 is 2.03 bits per heavy atom. The third-order valence-electron chi connectivity index (χ3n) is 5.48. The van der Waals surface area contributed by atoms with Crippen LogP contribution in [0.1, 0.15) is 28.4 Å². The van der Waals surface area contributed by atoms with Crippen LogP contribution in [0.3, 0.4) is 0 Å². The van der Waals surface area contributed by atoms with Crippen LogP contribution in [0.4, 0.5) is 0 Å². The Labute approximate surface area is 176 Å². The maximum absolute atomic E-state index is 13.5. The number of rotatable bonds is 4. The highest BCUT2D eigenvalue weighted by molar-refractivity contribution is 9.10. The third-order valence-corrected chi connectivity index (χ3v) is 6.01. The lowest BCUT2D eigenvalue weighted by Gasteiger charge is -2.41. The quantitative estimate of drug-likeness (QED) is 0.416.